The van der Waals surface area contributed by atoms with Crippen LogP contribution in [0.15, 0.2) is 72.8 Å². The summed E-state index contributed by atoms with van der Waals surface area (Å²) in [6, 6.07) is 21.5. The van der Waals surface area contributed by atoms with Crippen molar-refractivity contribution in [3.8, 4) is 11.5 Å². The average molecular weight is 417 g/mol. The number of hydrogen-bond donors (Lipinski definition) is 0. The van der Waals surface area contributed by atoms with Crippen LogP contribution < -0.4 is 14.4 Å². The first-order valence-corrected chi connectivity index (χ1v) is 9.77. The molecule has 0 aromatic heterocycles. The fourth-order valence-corrected chi connectivity index (χ4v) is 3.06. The van der Waals surface area contributed by atoms with Gasteiger partial charge in [-0.05, 0) is 36.8 Å². The van der Waals surface area contributed by atoms with Crippen LogP contribution in [0.5, 0.6) is 11.5 Å². The average Bonchev–Trinajstić information content (AvgIpc) is 2.72. The molecule has 3 aromatic carbocycles. The quantitative estimate of drug-likeness (QED) is 0.430. The molecule has 0 saturated heterocycles. The van der Waals surface area contributed by atoms with Gasteiger partial charge in [0.15, 0.2) is 0 Å². The van der Waals surface area contributed by atoms with Crippen LogP contribution in [0.2, 0.25) is 0 Å². The molecular formula is C25H23NO5. The van der Waals surface area contributed by atoms with Gasteiger partial charge >= 0.3 is 11.9 Å². The molecule has 0 spiro atoms. The summed E-state index contributed by atoms with van der Waals surface area (Å²) in [7, 11) is 0. The zero-order valence-corrected chi connectivity index (χ0v) is 17.6. The van der Waals surface area contributed by atoms with Gasteiger partial charge in [-0.1, -0.05) is 48.0 Å². The normalized spacial score (nSPS) is 10.3. The molecule has 0 unspecified atom stereocenters. The lowest BCUT2D eigenvalue weighted by Gasteiger charge is -2.24. The van der Waals surface area contributed by atoms with Gasteiger partial charge in [-0.3, -0.25) is 14.4 Å². The number of benzene rings is 3. The van der Waals surface area contributed by atoms with E-state index in [9.17, 15) is 14.4 Å². The minimum Gasteiger partial charge on any atom is -0.427 e. The minimum atomic E-state index is -0.584. The molecule has 3 rings (SSSR count). The van der Waals surface area contributed by atoms with E-state index in [1.165, 1.54) is 32.0 Å². The fraction of sp³-hybridized carbons (Fsp3) is 0.160. The van der Waals surface area contributed by atoms with Crippen LogP contribution in [0.25, 0.3) is 0 Å². The minimum absolute atomic E-state index is 0.0291. The molecule has 0 bridgehead atoms. The van der Waals surface area contributed by atoms with Crippen molar-refractivity contribution in [2.24, 2.45) is 0 Å². The number of rotatable bonds is 6. The first-order valence-electron chi connectivity index (χ1n) is 9.77. The van der Waals surface area contributed by atoms with Gasteiger partial charge in [0.2, 0.25) is 0 Å². The number of hydrogen-bond acceptors (Lipinski definition) is 5. The maximum Gasteiger partial charge on any atom is 0.308 e. The van der Waals surface area contributed by atoms with Crippen molar-refractivity contribution < 1.29 is 23.9 Å². The van der Waals surface area contributed by atoms with Crippen LogP contribution in [0.3, 0.4) is 0 Å². The molecule has 0 aliphatic heterocycles. The second kappa shape index (κ2) is 9.71. The molecule has 0 aliphatic carbocycles. The van der Waals surface area contributed by atoms with E-state index in [0.29, 0.717) is 12.2 Å². The summed E-state index contributed by atoms with van der Waals surface area (Å²) in [5.74, 6) is -1.23. The van der Waals surface area contributed by atoms with Gasteiger partial charge in [-0.15, -0.1) is 0 Å². The van der Waals surface area contributed by atoms with E-state index in [-0.39, 0.29) is 23.0 Å². The molecular weight excluding hydrogens is 394 g/mol. The maximum absolute atomic E-state index is 13.6. The van der Waals surface area contributed by atoms with E-state index in [2.05, 4.69) is 0 Å². The molecule has 31 heavy (non-hydrogen) atoms. The summed E-state index contributed by atoms with van der Waals surface area (Å²) >= 11 is 0. The monoisotopic (exact) mass is 417 g/mol. The number of carbonyl (C=O) groups excluding carboxylic acids is 3. The van der Waals surface area contributed by atoms with E-state index >= 15 is 0 Å². The van der Waals surface area contributed by atoms with E-state index in [4.69, 9.17) is 9.47 Å². The van der Waals surface area contributed by atoms with Gasteiger partial charge < -0.3 is 14.4 Å². The molecule has 3 aromatic rings. The second-order valence-electron chi connectivity index (χ2n) is 7.06. The highest BCUT2D eigenvalue weighted by molar-refractivity contribution is 6.08. The van der Waals surface area contributed by atoms with Gasteiger partial charge in [0, 0.05) is 25.6 Å². The highest BCUT2D eigenvalue weighted by Gasteiger charge is 2.23. The largest absolute Gasteiger partial charge is 0.427 e. The van der Waals surface area contributed by atoms with Crippen molar-refractivity contribution >= 4 is 23.5 Å². The van der Waals surface area contributed by atoms with Crippen molar-refractivity contribution in [3.05, 3.63) is 89.5 Å². The number of carbonyl (C=O) groups is 3. The standard InChI is InChI=1S/C25H23NO5/c1-17-9-11-21(12-10-17)26(16-20-7-5-4-6-8-20)25(29)23-14-13-22(30-18(2)27)15-24(23)31-19(3)28/h4-15H,16H2,1-3H3. The highest BCUT2D eigenvalue weighted by atomic mass is 16.5. The summed E-state index contributed by atoms with van der Waals surface area (Å²) in [5.41, 5.74) is 2.91. The van der Waals surface area contributed by atoms with Crippen LogP contribution in [-0.2, 0) is 16.1 Å². The Bertz CT molecular complexity index is 1090. The van der Waals surface area contributed by atoms with Gasteiger partial charge in [-0.2, -0.15) is 0 Å². The molecule has 0 N–H and O–H groups in total. The fourth-order valence-electron chi connectivity index (χ4n) is 3.06. The maximum atomic E-state index is 13.6. The molecule has 6 nitrogen and oxygen atoms in total. The topological polar surface area (TPSA) is 72.9 Å². The van der Waals surface area contributed by atoms with Crippen molar-refractivity contribution in [3.63, 3.8) is 0 Å². The van der Waals surface area contributed by atoms with Crippen LogP contribution >= 0.6 is 0 Å². The molecule has 158 valence electrons. The van der Waals surface area contributed by atoms with Crippen LogP contribution in [0.4, 0.5) is 5.69 Å². The smallest absolute Gasteiger partial charge is 0.308 e. The molecule has 6 heteroatoms. The lowest BCUT2D eigenvalue weighted by atomic mass is 10.1. The summed E-state index contributed by atoms with van der Waals surface area (Å²) in [6.07, 6.45) is 0. The Morgan fingerprint density at radius 3 is 2.06 bits per heavy atom. The van der Waals surface area contributed by atoms with Crippen LogP contribution in [0.1, 0.15) is 35.3 Å². The molecule has 0 atom stereocenters. The lowest BCUT2D eigenvalue weighted by molar-refractivity contribution is -0.132. The summed E-state index contributed by atoms with van der Waals surface area (Å²) in [6.45, 7) is 4.81. The zero-order chi connectivity index (χ0) is 22.4. The highest BCUT2D eigenvalue weighted by Crippen LogP contribution is 2.29. The van der Waals surface area contributed by atoms with Crippen molar-refractivity contribution in [1.29, 1.82) is 0 Å². The Hall–Kier alpha value is -3.93. The third-order valence-corrected chi connectivity index (χ3v) is 4.47. The van der Waals surface area contributed by atoms with E-state index in [1.54, 1.807) is 4.90 Å². The number of amides is 1. The van der Waals surface area contributed by atoms with Gasteiger partial charge in [0.1, 0.15) is 11.5 Å². The molecule has 0 saturated carbocycles. The summed E-state index contributed by atoms with van der Waals surface area (Å²) in [5, 5.41) is 0. The van der Waals surface area contributed by atoms with Gasteiger partial charge in [0.25, 0.3) is 5.91 Å². The van der Waals surface area contributed by atoms with Crippen molar-refractivity contribution in [2.45, 2.75) is 27.3 Å². The Kier molecular flexibility index (Phi) is 6.82. The Balaban J connectivity index is 2.04. The van der Waals surface area contributed by atoms with E-state index in [0.717, 1.165) is 11.1 Å². The van der Waals surface area contributed by atoms with E-state index < -0.39 is 11.9 Å². The number of ether oxygens (including phenoxy) is 2. The third-order valence-electron chi connectivity index (χ3n) is 4.47. The predicted molar refractivity (Wildman–Crippen MR) is 117 cm³/mol. The molecule has 0 aliphatic rings. The number of nitrogens with zero attached hydrogens (tertiary/aromatic N) is 1. The predicted octanol–water partition coefficient (Wildman–Crippen LogP) is 4.69. The Morgan fingerprint density at radius 2 is 1.45 bits per heavy atom. The molecule has 0 radical (unpaired) electrons. The summed E-state index contributed by atoms with van der Waals surface area (Å²) in [4.78, 5) is 38.1. The number of esters is 2. The molecule has 0 fully saturated rings. The third kappa shape index (κ3) is 5.79. The summed E-state index contributed by atoms with van der Waals surface area (Å²) < 4.78 is 10.3. The molecule has 0 heterocycles. The SMILES string of the molecule is CC(=O)Oc1ccc(C(=O)N(Cc2ccccc2)c2ccc(C)cc2)c(OC(C)=O)c1. The van der Waals surface area contributed by atoms with Gasteiger partial charge in [-0.25, -0.2) is 0 Å². The number of anilines is 1. The number of aryl methyl sites for hydroxylation is 1. The van der Waals surface area contributed by atoms with Crippen molar-refractivity contribution in [2.75, 3.05) is 4.90 Å². The van der Waals surface area contributed by atoms with Crippen LogP contribution in [0, 0.1) is 6.92 Å². The lowest BCUT2D eigenvalue weighted by Crippen LogP contribution is -2.31. The molecule has 1 amide bonds. The first-order chi connectivity index (χ1) is 14.8. The van der Waals surface area contributed by atoms with Crippen molar-refractivity contribution in [1.82, 2.24) is 0 Å². The second-order valence-corrected chi connectivity index (χ2v) is 7.06. The zero-order valence-electron chi connectivity index (χ0n) is 17.6. The Labute approximate surface area is 181 Å². The first kappa shape index (κ1) is 21.8. The van der Waals surface area contributed by atoms with Crippen LogP contribution in [-0.4, -0.2) is 17.8 Å². The van der Waals surface area contributed by atoms with E-state index in [1.807, 2.05) is 61.5 Å². The van der Waals surface area contributed by atoms with Gasteiger partial charge in [0.05, 0.1) is 12.1 Å². The Morgan fingerprint density at radius 1 is 0.806 bits per heavy atom.